The van der Waals surface area contributed by atoms with Gasteiger partial charge < -0.3 is 0 Å². The molecule has 0 aliphatic heterocycles. The number of benzene rings is 1. The van der Waals surface area contributed by atoms with Gasteiger partial charge in [0.1, 0.15) is 5.82 Å². The van der Waals surface area contributed by atoms with E-state index in [4.69, 9.17) is 0 Å². The van der Waals surface area contributed by atoms with E-state index < -0.39 is 0 Å². The molecule has 0 saturated heterocycles. The number of hydrogen-bond acceptors (Lipinski definition) is 0. The summed E-state index contributed by atoms with van der Waals surface area (Å²) in [4.78, 5) is 0. The molecule has 1 atom stereocenters. The lowest BCUT2D eigenvalue weighted by atomic mass is 10.1. The third-order valence-corrected chi connectivity index (χ3v) is 6.91. The minimum Gasteiger partial charge on any atom is -0.207 e. The summed E-state index contributed by atoms with van der Waals surface area (Å²) < 4.78 is 13.0. The fraction of sp³-hybridized carbons (Fsp3) is 0.600. The van der Waals surface area contributed by atoms with Crippen LogP contribution in [-0.4, -0.2) is 10.3 Å². The molecule has 0 aromatic heterocycles. The van der Waals surface area contributed by atoms with Crippen molar-refractivity contribution in [2.24, 2.45) is 0 Å². The molecule has 0 bridgehead atoms. The van der Waals surface area contributed by atoms with Crippen LogP contribution in [0, 0.1) is 5.82 Å². The van der Waals surface area contributed by atoms with Gasteiger partial charge in [-0.05, 0) is 34.2 Å². The van der Waals surface area contributed by atoms with Crippen LogP contribution >= 0.6 is 7.92 Å². The Morgan fingerprint density at radius 2 is 1.47 bits per heavy atom. The van der Waals surface area contributed by atoms with Crippen LogP contribution in [-0.2, 0) is 0 Å². The predicted molar refractivity (Wildman–Crippen MR) is 77.1 cm³/mol. The summed E-state index contributed by atoms with van der Waals surface area (Å²) in [6, 6.07) is 7.09. The summed E-state index contributed by atoms with van der Waals surface area (Å²) in [7, 11) is -0.319. The highest BCUT2D eigenvalue weighted by molar-refractivity contribution is 7.68. The highest BCUT2D eigenvalue weighted by Gasteiger charge is 2.37. The highest BCUT2D eigenvalue weighted by Crippen LogP contribution is 2.59. The molecular weight excluding hydrogens is 230 g/mol. The molecule has 17 heavy (non-hydrogen) atoms. The van der Waals surface area contributed by atoms with Crippen molar-refractivity contribution in [1.29, 1.82) is 0 Å². The molecular formula is C15H24FP. The Balaban J connectivity index is 3.21. The van der Waals surface area contributed by atoms with Gasteiger partial charge in [0.05, 0.1) is 0 Å². The van der Waals surface area contributed by atoms with Gasteiger partial charge in [-0.2, -0.15) is 0 Å². The summed E-state index contributed by atoms with van der Waals surface area (Å²) in [6.07, 6.45) is 1.15. The van der Waals surface area contributed by atoms with E-state index in [-0.39, 0.29) is 24.1 Å². The largest absolute Gasteiger partial charge is 0.207 e. The second-order valence-electron chi connectivity index (χ2n) is 6.15. The molecule has 0 fully saturated rings. The van der Waals surface area contributed by atoms with Crippen molar-refractivity contribution in [3.05, 3.63) is 30.1 Å². The van der Waals surface area contributed by atoms with Crippen LogP contribution in [0.5, 0.6) is 0 Å². The van der Waals surface area contributed by atoms with E-state index >= 15 is 0 Å². The maximum absolute atomic E-state index is 13.0. The van der Waals surface area contributed by atoms with Crippen LogP contribution in [0.3, 0.4) is 0 Å². The topological polar surface area (TPSA) is 0 Å². The quantitative estimate of drug-likeness (QED) is 0.672. The van der Waals surface area contributed by atoms with Gasteiger partial charge in [0.15, 0.2) is 0 Å². The number of rotatable bonds is 3. The first kappa shape index (κ1) is 14.6. The summed E-state index contributed by atoms with van der Waals surface area (Å²) in [5.41, 5.74) is 0. The number of hydrogen-bond donors (Lipinski definition) is 0. The lowest BCUT2D eigenvalue weighted by Gasteiger charge is -2.43. The Hall–Kier alpha value is -0.420. The van der Waals surface area contributed by atoms with Crippen LogP contribution in [0.1, 0.15) is 48.0 Å². The fourth-order valence-corrected chi connectivity index (χ4v) is 6.45. The van der Waals surface area contributed by atoms with Crippen molar-refractivity contribution in [2.75, 3.05) is 0 Å². The van der Waals surface area contributed by atoms with Gasteiger partial charge in [0, 0.05) is 0 Å². The van der Waals surface area contributed by atoms with E-state index in [1.807, 2.05) is 12.1 Å². The third-order valence-electron chi connectivity index (χ3n) is 3.23. The van der Waals surface area contributed by atoms with E-state index in [2.05, 4.69) is 41.5 Å². The zero-order valence-corrected chi connectivity index (χ0v) is 12.7. The zero-order chi connectivity index (χ0) is 13.3. The second kappa shape index (κ2) is 5.06. The van der Waals surface area contributed by atoms with Gasteiger partial charge in [-0.3, -0.25) is 0 Å². The van der Waals surface area contributed by atoms with Crippen molar-refractivity contribution in [1.82, 2.24) is 0 Å². The molecule has 1 aromatic rings. The van der Waals surface area contributed by atoms with E-state index in [9.17, 15) is 4.39 Å². The van der Waals surface area contributed by atoms with Crippen LogP contribution in [0.15, 0.2) is 24.3 Å². The maximum atomic E-state index is 13.0. The van der Waals surface area contributed by atoms with Gasteiger partial charge in [-0.15, -0.1) is 0 Å². The van der Waals surface area contributed by atoms with E-state index in [1.54, 1.807) is 12.1 Å². The molecule has 0 aliphatic carbocycles. The Labute approximate surface area is 106 Å². The standard InChI is InChI=1S/C15H24FP/c1-7-15(5,6)17(14(2,3)4)13-10-8-12(16)9-11-13/h8-11H,7H2,1-6H3. The maximum Gasteiger partial charge on any atom is 0.123 e. The normalized spacial score (nSPS) is 14.8. The van der Waals surface area contributed by atoms with Crippen LogP contribution < -0.4 is 5.30 Å². The molecule has 0 radical (unpaired) electrons. The molecule has 0 saturated carbocycles. The van der Waals surface area contributed by atoms with E-state index in [0.29, 0.717) is 0 Å². The Morgan fingerprint density at radius 1 is 1.00 bits per heavy atom. The molecule has 2 heteroatoms. The number of halogens is 1. The third kappa shape index (κ3) is 3.52. The minimum atomic E-state index is -0.319. The molecule has 0 aliphatic rings. The second-order valence-corrected chi connectivity index (χ2v) is 9.89. The van der Waals surface area contributed by atoms with Crippen LogP contribution in [0.25, 0.3) is 0 Å². The molecule has 96 valence electrons. The Morgan fingerprint density at radius 3 is 1.82 bits per heavy atom. The van der Waals surface area contributed by atoms with Gasteiger partial charge in [-0.25, -0.2) is 4.39 Å². The van der Waals surface area contributed by atoms with E-state index in [1.165, 1.54) is 5.30 Å². The summed E-state index contributed by atoms with van der Waals surface area (Å²) in [6.45, 7) is 13.8. The van der Waals surface area contributed by atoms with Crippen molar-refractivity contribution >= 4 is 13.2 Å². The molecule has 0 amide bonds. The fourth-order valence-electron chi connectivity index (χ4n) is 2.39. The van der Waals surface area contributed by atoms with Crippen molar-refractivity contribution in [2.45, 2.75) is 58.3 Å². The predicted octanol–water partition coefficient (Wildman–Crippen LogP) is 4.92. The monoisotopic (exact) mass is 254 g/mol. The minimum absolute atomic E-state index is 0.146. The Kier molecular flexibility index (Phi) is 4.36. The van der Waals surface area contributed by atoms with Crippen molar-refractivity contribution in [3.8, 4) is 0 Å². The zero-order valence-electron chi connectivity index (χ0n) is 11.8. The lowest BCUT2D eigenvalue weighted by molar-refractivity contribution is 0.627. The SMILES string of the molecule is CCC(C)(C)P(c1ccc(F)cc1)C(C)(C)C. The summed E-state index contributed by atoms with van der Waals surface area (Å²) in [5.74, 6) is -0.146. The molecule has 1 unspecified atom stereocenters. The smallest absolute Gasteiger partial charge is 0.123 e. The first-order chi connectivity index (χ1) is 7.68. The molecule has 1 rings (SSSR count). The first-order valence-electron chi connectivity index (χ1n) is 6.24. The average molecular weight is 254 g/mol. The van der Waals surface area contributed by atoms with Crippen LogP contribution in [0.2, 0.25) is 0 Å². The first-order valence-corrected chi connectivity index (χ1v) is 7.58. The average Bonchev–Trinajstić information content (AvgIpc) is 2.19. The van der Waals surface area contributed by atoms with Crippen molar-refractivity contribution in [3.63, 3.8) is 0 Å². The molecule has 0 heterocycles. The molecule has 0 nitrogen and oxygen atoms in total. The lowest BCUT2D eigenvalue weighted by Crippen LogP contribution is -2.32. The summed E-state index contributed by atoms with van der Waals surface area (Å²) >= 11 is 0. The Bertz CT molecular complexity index is 360. The van der Waals surface area contributed by atoms with Gasteiger partial charge >= 0.3 is 0 Å². The molecule has 0 spiro atoms. The van der Waals surface area contributed by atoms with Gasteiger partial charge in [-0.1, -0.05) is 61.6 Å². The molecule has 0 N–H and O–H groups in total. The van der Waals surface area contributed by atoms with Gasteiger partial charge in [0.2, 0.25) is 0 Å². The van der Waals surface area contributed by atoms with Gasteiger partial charge in [0.25, 0.3) is 0 Å². The van der Waals surface area contributed by atoms with Crippen molar-refractivity contribution < 1.29 is 4.39 Å². The van der Waals surface area contributed by atoms with E-state index in [0.717, 1.165) is 6.42 Å². The summed E-state index contributed by atoms with van der Waals surface area (Å²) in [5, 5.41) is 1.83. The molecule has 1 aromatic carbocycles. The van der Waals surface area contributed by atoms with Crippen LogP contribution in [0.4, 0.5) is 4.39 Å². The highest BCUT2D eigenvalue weighted by atomic mass is 31.1.